The van der Waals surface area contributed by atoms with Gasteiger partial charge in [0.25, 0.3) is 0 Å². The molecule has 0 aliphatic carbocycles. The van der Waals surface area contributed by atoms with Gasteiger partial charge in [-0.05, 0) is 103 Å². The van der Waals surface area contributed by atoms with Gasteiger partial charge < -0.3 is 14.2 Å². The summed E-state index contributed by atoms with van der Waals surface area (Å²) in [7, 11) is 0. The molecular formula is C51H88O6. The summed E-state index contributed by atoms with van der Waals surface area (Å²) in [6, 6.07) is 0. The van der Waals surface area contributed by atoms with E-state index in [-0.39, 0.29) is 31.1 Å². The lowest BCUT2D eigenvalue weighted by atomic mass is 10.1. The fourth-order valence-electron chi connectivity index (χ4n) is 6.38. The summed E-state index contributed by atoms with van der Waals surface area (Å²) in [6.45, 7) is 6.42. The van der Waals surface area contributed by atoms with Crippen LogP contribution < -0.4 is 0 Å². The van der Waals surface area contributed by atoms with E-state index in [1.807, 2.05) is 0 Å². The van der Waals surface area contributed by atoms with Crippen molar-refractivity contribution in [1.82, 2.24) is 0 Å². The Balaban J connectivity index is 4.38. The second-order valence-corrected chi connectivity index (χ2v) is 15.6. The monoisotopic (exact) mass is 797 g/mol. The minimum absolute atomic E-state index is 0.0950. The van der Waals surface area contributed by atoms with Gasteiger partial charge in [0, 0.05) is 19.3 Å². The normalized spacial score (nSPS) is 12.5. The number of allylic oxidation sites excluding steroid dienone is 10. The van der Waals surface area contributed by atoms with Gasteiger partial charge in [0.2, 0.25) is 0 Å². The number of hydrogen-bond donors (Lipinski definition) is 0. The van der Waals surface area contributed by atoms with Crippen LogP contribution in [0.2, 0.25) is 0 Å². The molecule has 0 aromatic heterocycles. The molecule has 328 valence electrons. The molecule has 0 amide bonds. The Hall–Kier alpha value is -2.89. The molecule has 57 heavy (non-hydrogen) atoms. The van der Waals surface area contributed by atoms with E-state index >= 15 is 0 Å². The Morgan fingerprint density at radius 1 is 0.368 bits per heavy atom. The molecule has 6 heteroatoms. The van der Waals surface area contributed by atoms with Crippen molar-refractivity contribution in [3.05, 3.63) is 60.8 Å². The van der Waals surface area contributed by atoms with Gasteiger partial charge in [0.05, 0.1) is 0 Å². The first-order valence-electron chi connectivity index (χ1n) is 23.8. The van der Waals surface area contributed by atoms with E-state index in [1.165, 1.54) is 89.9 Å². The van der Waals surface area contributed by atoms with Gasteiger partial charge >= 0.3 is 17.9 Å². The highest BCUT2D eigenvalue weighted by Crippen LogP contribution is 2.13. The van der Waals surface area contributed by atoms with E-state index in [2.05, 4.69) is 81.5 Å². The van der Waals surface area contributed by atoms with Crippen LogP contribution in [0.4, 0.5) is 0 Å². The van der Waals surface area contributed by atoms with Crippen LogP contribution in [0.1, 0.15) is 226 Å². The molecule has 6 nitrogen and oxygen atoms in total. The van der Waals surface area contributed by atoms with Crippen molar-refractivity contribution >= 4 is 17.9 Å². The number of carbonyl (C=O) groups is 3. The van der Waals surface area contributed by atoms with Crippen molar-refractivity contribution in [2.75, 3.05) is 13.2 Å². The first-order valence-corrected chi connectivity index (χ1v) is 23.8. The fraction of sp³-hybridized carbons (Fsp3) is 0.745. The first kappa shape index (κ1) is 54.1. The van der Waals surface area contributed by atoms with Crippen molar-refractivity contribution in [1.29, 1.82) is 0 Å². The molecule has 1 atom stereocenters. The summed E-state index contributed by atoms with van der Waals surface area (Å²) in [5, 5.41) is 0. The van der Waals surface area contributed by atoms with Gasteiger partial charge in [0.1, 0.15) is 13.2 Å². The molecule has 0 spiro atoms. The largest absolute Gasteiger partial charge is 0.462 e. The molecule has 0 rings (SSSR count). The van der Waals surface area contributed by atoms with Crippen LogP contribution in [0, 0.1) is 0 Å². The topological polar surface area (TPSA) is 78.9 Å². The molecule has 1 unspecified atom stereocenters. The zero-order valence-corrected chi connectivity index (χ0v) is 37.3. The van der Waals surface area contributed by atoms with Crippen LogP contribution >= 0.6 is 0 Å². The van der Waals surface area contributed by atoms with Crippen molar-refractivity contribution < 1.29 is 28.6 Å². The van der Waals surface area contributed by atoms with E-state index in [1.54, 1.807) is 0 Å². The molecule has 0 fully saturated rings. The van der Waals surface area contributed by atoms with Crippen molar-refractivity contribution in [3.8, 4) is 0 Å². The molecule has 0 bridgehead atoms. The highest BCUT2D eigenvalue weighted by molar-refractivity contribution is 5.71. The molecule has 0 saturated carbocycles. The second kappa shape index (κ2) is 45.8. The number of ether oxygens (including phenoxy) is 3. The maximum Gasteiger partial charge on any atom is 0.306 e. The maximum absolute atomic E-state index is 12.7. The lowest BCUT2D eigenvalue weighted by Gasteiger charge is -2.18. The lowest BCUT2D eigenvalue weighted by Crippen LogP contribution is -2.30. The predicted octanol–water partition coefficient (Wildman–Crippen LogP) is 15.3. The average molecular weight is 797 g/mol. The van der Waals surface area contributed by atoms with Crippen LogP contribution in [0.5, 0.6) is 0 Å². The van der Waals surface area contributed by atoms with Crippen molar-refractivity contribution in [3.63, 3.8) is 0 Å². The zero-order valence-electron chi connectivity index (χ0n) is 37.3. The maximum atomic E-state index is 12.7. The third-order valence-corrected chi connectivity index (χ3v) is 9.98. The van der Waals surface area contributed by atoms with E-state index < -0.39 is 6.10 Å². The summed E-state index contributed by atoms with van der Waals surface area (Å²) in [5.74, 6) is -0.959. The highest BCUT2D eigenvalue weighted by Gasteiger charge is 2.19. The van der Waals surface area contributed by atoms with Crippen LogP contribution in [0.25, 0.3) is 0 Å². The molecule has 0 aromatic carbocycles. The third kappa shape index (κ3) is 44.1. The third-order valence-electron chi connectivity index (χ3n) is 9.98. The Morgan fingerprint density at radius 2 is 0.684 bits per heavy atom. The average Bonchev–Trinajstić information content (AvgIpc) is 3.21. The van der Waals surface area contributed by atoms with Gasteiger partial charge in [-0.15, -0.1) is 0 Å². The number of rotatable bonds is 42. The summed E-state index contributed by atoms with van der Waals surface area (Å²) in [6.07, 6.45) is 55.0. The van der Waals surface area contributed by atoms with E-state index in [9.17, 15) is 14.4 Å². The Labute approximate surface area is 351 Å². The lowest BCUT2D eigenvalue weighted by molar-refractivity contribution is -0.167. The smallest absolute Gasteiger partial charge is 0.306 e. The molecule has 0 saturated heterocycles. The Kier molecular flexibility index (Phi) is 43.5. The van der Waals surface area contributed by atoms with E-state index in [4.69, 9.17) is 14.2 Å². The van der Waals surface area contributed by atoms with Crippen LogP contribution in [0.15, 0.2) is 60.8 Å². The minimum atomic E-state index is -0.795. The van der Waals surface area contributed by atoms with Gasteiger partial charge in [0.15, 0.2) is 6.10 Å². The van der Waals surface area contributed by atoms with Crippen molar-refractivity contribution in [2.45, 2.75) is 232 Å². The summed E-state index contributed by atoms with van der Waals surface area (Å²) >= 11 is 0. The van der Waals surface area contributed by atoms with Gasteiger partial charge in [-0.2, -0.15) is 0 Å². The van der Waals surface area contributed by atoms with Gasteiger partial charge in [-0.1, -0.05) is 165 Å². The predicted molar refractivity (Wildman–Crippen MR) is 242 cm³/mol. The quantitative estimate of drug-likeness (QED) is 0.0265. The fourth-order valence-corrected chi connectivity index (χ4v) is 6.38. The second-order valence-electron chi connectivity index (χ2n) is 15.6. The van der Waals surface area contributed by atoms with Crippen LogP contribution in [0.3, 0.4) is 0 Å². The molecule has 0 aliphatic heterocycles. The van der Waals surface area contributed by atoms with E-state index in [0.29, 0.717) is 19.3 Å². The number of esters is 3. The van der Waals surface area contributed by atoms with Gasteiger partial charge in [-0.25, -0.2) is 0 Å². The van der Waals surface area contributed by atoms with Crippen molar-refractivity contribution in [2.24, 2.45) is 0 Å². The first-order chi connectivity index (χ1) is 28.0. The number of hydrogen-bond acceptors (Lipinski definition) is 6. The number of unbranched alkanes of at least 4 members (excludes halogenated alkanes) is 21. The summed E-state index contributed by atoms with van der Waals surface area (Å²) in [5.41, 5.74) is 0. The van der Waals surface area contributed by atoms with Crippen LogP contribution in [-0.4, -0.2) is 37.2 Å². The van der Waals surface area contributed by atoms with E-state index in [0.717, 1.165) is 96.3 Å². The highest BCUT2D eigenvalue weighted by atomic mass is 16.6. The summed E-state index contributed by atoms with van der Waals surface area (Å²) in [4.78, 5) is 37.7. The summed E-state index contributed by atoms with van der Waals surface area (Å²) < 4.78 is 16.7. The molecule has 0 heterocycles. The van der Waals surface area contributed by atoms with Crippen LogP contribution in [-0.2, 0) is 28.6 Å². The minimum Gasteiger partial charge on any atom is -0.462 e. The molecular weight excluding hydrogens is 709 g/mol. The van der Waals surface area contributed by atoms with Gasteiger partial charge in [-0.3, -0.25) is 14.4 Å². The molecule has 0 radical (unpaired) electrons. The zero-order chi connectivity index (χ0) is 41.5. The SMILES string of the molecule is CC/C=C\C/C=C\CCCCC(=O)OCC(COC(=O)CCCCCCCCC/C=C\C/C=C\CCCCC)OC(=O)CCCCC/C=C\CCCCCCCC. The standard InChI is InChI=1S/C51H88O6/c1-4-7-10-13-16-19-21-23-24-25-26-28-29-32-35-38-41-44-50(53)56-47-48(46-55-49(52)43-40-37-34-31-18-15-12-9-6-3)57-51(54)45-42-39-36-33-30-27-22-20-17-14-11-8-5-2/h9,12,16,18-19,23-24,27,30-31,48H,4-8,10-11,13-15,17,20-22,25-26,28-29,32-47H2,1-3H3/b12-9-,19-16-,24-23-,30-27-,31-18-. The Bertz CT molecular complexity index is 1050. The molecule has 0 aromatic rings. The molecule has 0 aliphatic rings. The number of carbonyl (C=O) groups excluding carboxylic acids is 3. The molecule has 0 N–H and O–H groups in total. The Morgan fingerprint density at radius 3 is 1.16 bits per heavy atom.